The largest absolute Gasteiger partial charge is 0.398 e. The molecule has 0 amide bonds. The third kappa shape index (κ3) is 2.99. The number of carbonyl (C=O) groups is 1. The maximum atomic E-state index is 10.4. The van der Waals surface area contributed by atoms with Gasteiger partial charge in [-0.2, -0.15) is 0 Å². The molecule has 0 saturated heterocycles. The zero-order chi connectivity index (χ0) is 9.84. The van der Waals surface area contributed by atoms with Crippen LogP contribution in [0.3, 0.4) is 0 Å². The van der Waals surface area contributed by atoms with Gasteiger partial charge in [0.05, 0.1) is 0 Å². The Balaban J connectivity index is 2.83. The molecule has 0 aromatic heterocycles. The molecule has 0 spiro atoms. The lowest BCUT2D eigenvalue weighted by Gasteiger charge is -2.07. The summed E-state index contributed by atoms with van der Waals surface area (Å²) in [6.45, 7) is 1.89. The standard InChI is InChI=1S/C10H12INO/c1-7(6-13)4-8-2-3-9(11)5-10(8)12/h2-3,5-7H,4,12H2,1H3. The van der Waals surface area contributed by atoms with Crippen LogP contribution in [0.5, 0.6) is 0 Å². The van der Waals surface area contributed by atoms with Crippen LogP contribution in [0.15, 0.2) is 18.2 Å². The molecule has 1 aromatic rings. The lowest BCUT2D eigenvalue weighted by molar-refractivity contribution is -0.110. The number of nitrogen functional groups attached to an aromatic ring is 1. The van der Waals surface area contributed by atoms with Crippen LogP contribution in [0.25, 0.3) is 0 Å². The van der Waals surface area contributed by atoms with E-state index in [-0.39, 0.29) is 5.92 Å². The van der Waals surface area contributed by atoms with E-state index in [2.05, 4.69) is 22.6 Å². The van der Waals surface area contributed by atoms with E-state index in [4.69, 9.17) is 5.73 Å². The summed E-state index contributed by atoms with van der Waals surface area (Å²) in [6, 6.07) is 5.91. The first-order valence-corrected chi connectivity index (χ1v) is 5.20. The molecule has 0 aliphatic heterocycles. The number of anilines is 1. The van der Waals surface area contributed by atoms with Gasteiger partial charge >= 0.3 is 0 Å². The van der Waals surface area contributed by atoms with Crippen LogP contribution < -0.4 is 5.73 Å². The van der Waals surface area contributed by atoms with Gasteiger partial charge in [-0.25, -0.2) is 0 Å². The summed E-state index contributed by atoms with van der Waals surface area (Å²) in [7, 11) is 0. The van der Waals surface area contributed by atoms with Gasteiger partial charge in [-0.3, -0.25) is 0 Å². The summed E-state index contributed by atoms with van der Waals surface area (Å²) in [5.41, 5.74) is 7.64. The van der Waals surface area contributed by atoms with Crippen molar-refractivity contribution >= 4 is 34.6 Å². The van der Waals surface area contributed by atoms with Crippen LogP contribution in [0.4, 0.5) is 5.69 Å². The third-order valence-corrected chi connectivity index (χ3v) is 2.55. The molecule has 13 heavy (non-hydrogen) atoms. The average Bonchev–Trinajstić information content (AvgIpc) is 2.09. The van der Waals surface area contributed by atoms with E-state index in [1.165, 1.54) is 0 Å². The van der Waals surface area contributed by atoms with Crippen molar-refractivity contribution in [3.63, 3.8) is 0 Å². The van der Waals surface area contributed by atoms with E-state index in [1.807, 2.05) is 25.1 Å². The summed E-state index contributed by atoms with van der Waals surface area (Å²) >= 11 is 2.22. The lowest BCUT2D eigenvalue weighted by atomic mass is 10.0. The Morgan fingerprint density at radius 1 is 1.62 bits per heavy atom. The fourth-order valence-corrected chi connectivity index (χ4v) is 1.66. The number of hydrogen-bond donors (Lipinski definition) is 1. The Labute approximate surface area is 91.7 Å². The molecule has 2 nitrogen and oxygen atoms in total. The summed E-state index contributed by atoms with van der Waals surface area (Å²) in [4.78, 5) is 10.4. The van der Waals surface area contributed by atoms with Crippen molar-refractivity contribution in [3.8, 4) is 0 Å². The Bertz CT molecular complexity index is 312. The van der Waals surface area contributed by atoms with Gasteiger partial charge in [-0.05, 0) is 46.7 Å². The second kappa shape index (κ2) is 4.60. The fraction of sp³-hybridized carbons (Fsp3) is 0.300. The Morgan fingerprint density at radius 2 is 2.31 bits per heavy atom. The molecule has 1 rings (SSSR count). The van der Waals surface area contributed by atoms with Gasteiger partial charge in [0.25, 0.3) is 0 Å². The molecular formula is C10H12INO. The topological polar surface area (TPSA) is 43.1 Å². The molecule has 0 aliphatic rings. The van der Waals surface area contributed by atoms with Crippen molar-refractivity contribution in [1.29, 1.82) is 0 Å². The Kier molecular flexibility index (Phi) is 3.71. The van der Waals surface area contributed by atoms with Gasteiger partial charge in [0.15, 0.2) is 0 Å². The lowest BCUT2D eigenvalue weighted by Crippen LogP contribution is -2.03. The van der Waals surface area contributed by atoms with Crippen molar-refractivity contribution in [2.24, 2.45) is 5.92 Å². The molecule has 0 saturated carbocycles. The zero-order valence-electron chi connectivity index (χ0n) is 7.46. The molecule has 1 unspecified atom stereocenters. The van der Waals surface area contributed by atoms with E-state index in [0.29, 0.717) is 0 Å². The van der Waals surface area contributed by atoms with Crippen molar-refractivity contribution in [1.82, 2.24) is 0 Å². The smallest absolute Gasteiger partial charge is 0.123 e. The molecule has 70 valence electrons. The first kappa shape index (κ1) is 10.5. The first-order valence-electron chi connectivity index (χ1n) is 4.12. The summed E-state index contributed by atoms with van der Waals surface area (Å²) in [5.74, 6) is 0.0439. The van der Waals surface area contributed by atoms with Gasteiger partial charge in [-0.15, -0.1) is 0 Å². The van der Waals surface area contributed by atoms with E-state index < -0.39 is 0 Å². The quantitative estimate of drug-likeness (QED) is 0.527. The summed E-state index contributed by atoms with van der Waals surface area (Å²) in [5, 5.41) is 0. The normalized spacial score (nSPS) is 12.5. The summed E-state index contributed by atoms with van der Waals surface area (Å²) in [6.07, 6.45) is 1.68. The van der Waals surface area contributed by atoms with Crippen LogP contribution in [-0.2, 0) is 11.2 Å². The number of hydrogen-bond acceptors (Lipinski definition) is 2. The van der Waals surface area contributed by atoms with Crippen LogP contribution in [0.2, 0.25) is 0 Å². The predicted molar refractivity (Wildman–Crippen MR) is 62.5 cm³/mol. The van der Waals surface area contributed by atoms with Crippen molar-refractivity contribution in [2.45, 2.75) is 13.3 Å². The van der Waals surface area contributed by atoms with Gasteiger partial charge < -0.3 is 10.5 Å². The predicted octanol–water partition coefficient (Wildman–Crippen LogP) is 2.25. The minimum Gasteiger partial charge on any atom is -0.398 e. The molecular weight excluding hydrogens is 277 g/mol. The molecule has 2 N–H and O–H groups in total. The summed E-state index contributed by atoms with van der Waals surface area (Å²) < 4.78 is 1.12. The highest BCUT2D eigenvalue weighted by Gasteiger charge is 2.04. The minimum absolute atomic E-state index is 0.0439. The van der Waals surface area contributed by atoms with Crippen LogP contribution in [0.1, 0.15) is 12.5 Å². The van der Waals surface area contributed by atoms with Crippen LogP contribution >= 0.6 is 22.6 Å². The maximum absolute atomic E-state index is 10.4. The molecule has 0 fully saturated rings. The van der Waals surface area contributed by atoms with E-state index in [1.54, 1.807) is 0 Å². The van der Waals surface area contributed by atoms with Gasteiger partial charge in [-0.1, -0.05) is 13.0 Å². The highest BCUT2D eigenvalue weighted by molar-refractivity contribution is 14.1. The second-order valence-electron chi connectivity index (χ2n) is 3.16. The number of nitrogens with two attached hydrogens (primary N) is 1. The van der Waals surface area contributed by atoms with E-state index in [0.717, 1.165) is 27.5 Å². The number of benzene rings is 1. The number of carbonyl (C=O) groups excluding carboxylic acids is 1. The average molecular weight is 289 g/mol. The van der Waals surface area contributed by atoms with Gasteiger partial charge in [0.2, 0.25) is 0 Å². The Morgan fingerprint density at radius 3 is 2.85 bits per heavy atom. The van der Waals surface area contributed by atoms with Crippen molar-refractivity contribution < 1.29 is 4.79 Å². The molecule has 0 bridgehead atoms. The van der Waals surface area contributed by atoms with Crippen molar-refractivity contribution in [2.75, 3.05) is 5.73 Å². The van der Waals surface area contributed by atoms with Crippen molar-refractivity contribution in [3.05, 3.63) is 27.3 Å². The third-order valence-electron chi connectivity index (χ3n) is 1.88. The van der Waals surface area contributed by atoms with Gasteiger partial charge in [0, 0.05) is 15.2 Å². The highest BCUT2D eigenvalue weighted by atomic mass is 127. The molecule has 1 aromatic carbocycles. The second-order valence-corrected chi connectivity index (χ2v) is 4.41. The fourth-order valence-electron chi connectivity index (χ4n) is 1.15. The van der Waals surface area contributed by atoms with Crippen LogP contribution in [-0.4, -0.2) is 6.29 Å². The highest BCUT2D eigenvalue weighted by Crippen LogP contribution is 2.18. The SMILES string of the molecule is CC(C=O)Cc1ccc(I)cc1N. The molecule has 0 aliphatic carbocycles. The molecule has 0 heterocycles. The number of aldehydes is 1. The first-order chi connectivity index (χ1) is 6.13. The van der Waals surface area contributed by atoms with E-state index in [9.17, 15) is 4.79 Å². The van der Waals surface area contributed by atoms with Crippen LogP contribution in [0, 0.1) is 9.49 Å². The monoisotopic (exact) mass is 289 g/mol. The van der Waals surface area contributed by atoms with Gasteiger partial charge in [0.1, 0.15) is 6.29 Å². The number of rotatable bonds is 3. The molecule has 0 radical (unpaired) electrons. The minimum atomic E-state index is 0.0439. The molecule has 3 heteroatoms. The number of halogens is 1. The zero-order valence-corrected chi connectivity index (χ0v) is 9.61. The van der Waals surface area contributed by atoms with E-state index >= 15 is 0 Å². The molecule has 1 atom stereocenters. The maximum Gasteiger partial charge on any atom is 0.123 e. The Hall–Kier alpha value is -0.580.